The first-order chi connectivity index (χ1) is 12.0. The Morgan fingerprint density at radius 2 is 1.60 bits per heavy atom. The van der Waals surface area contributed by atoms with Crippen LogP contribution in [0.1, 0.15) is 29.3 Å². The minimum absolute atomic E-state index is 0.00755. The Bertz CT molecular complexity index is 892. The molecule has 0 spiro atoms. The zero-order chi connectivity index (χ0) is 18.2. The van der Waals surface area contributed by atoms with Crippen LogP contribution in [0.15, 0.2) is 53.3 Å². The van der Waals surface area contributed by atoms with Gasteiger partial charge in [-0.1, -0.05) is 55.5 Å². The van der Waals surface area contributed by atoms with Gasteiger partial charge in [0.15, 0.2) is 0 Å². The molecular formula is C20H24N4O. The summed E-state index contributed by atoms with van der Waals surface area (Å²) in [4.78, 5) is 10.7. The maximum Gasteiger partial charge on any atom is 0.267 e. The van der Waals surface area contributed by atoms with Gasteiger partial charge in [0.1, 0.15) is 0 Å². The zero-order valence-electron chi connectivity index (χ0n) is 14.5. The minimum Gasteiger partial charge on any atom is -0.397 e. The largest absolute Gasteiger partial charge is 0.397 e. The maximum atomic E-state index is 10.7. The van der Waals surface area contributed by atoms with E-state index in [9.17, 15) is 4.79 Å². The lowest BCUT2D eigenvalue weighted by Gasteiger charge is -2.00. The van der Waals surface area contributed by atoms with Gasteiger partial charge in [0.25, 0.3) is 5.56 Å². The van der Waals surface area contributed by atoms with Crippen molar-refractivity contribution < 1.29 is 0 Å². The molecule has 0 unspecified atom stereocenters. The topological polar surface area (TPSA) is 101 Å². The van der Waals surface area contributed by atoms with Crippen LogP contribution >= 0.6 is 0 Å². The Morgan fingerprint density at radius 1 is 0.920 bits per heavy atom. The Morgan fingerprint density at radius 3 is 2.12 bits per heavy atom. The highest BCUT2D eigenvalue weighted by Gasteiger charge is 1.99. The van der Waals surface area contributed by atoms with E-state index in [1.54, 1.807) is 0 Å². The van der Waals surface area contributed by atoms with E-state index in [0.717, 1.165) is 28.8 Å². The Balaban J connectivity index is 0.000000212. The fourth-order valence-electron chi connectivity index (χ4n) is 2.26. The van der Waals surface area contributed by atoms with Crippen LogP contribution in [0.5, 0.6) is 0 Å². The molecule has 3 rings (SSSR count). The number of nitrogens with two attached hydrogens (primary N) is 2. The Labute approximate surface area is 147 Å². The molecule has 0 saturated carbocycles. The van der Waals surface area contributed by atoms with Crippen LogP contribution in [0.4, 0.5) is 11.4 Å². The smallest absolute Gasteiger partial charge is 0.267 e. The molecule has 5 heteroatoms. The van der Waals surface area contributed by atoms with Gasteiger partial charge in [-0.2, -0.15) is 0 Å². The van der Waals surface area contributed by atoms with E-state index >= 15 is 0 Å². The van der Waals surface area contributed by atoms with Crippen LogP contribution in [0.2, 0.25) is 0 Å². The van der Waals surface area contributed by atoms with Gasteiger partial charge < -0.3 is 16.6 Å². The fourth-order valence-corrected chi connectivity index (χ4v) is 2.26. The third-order valence-corrected chi connectivity index (χ3v) is 3.85. The van der Waals surface area contributed by atoms with Crippen molar-refractivity contribution in [3.63, 3.8) is 0 Å². The normalized spacial score (nSPS) is 10.5. The number of anilines is 2. The molecule has 130 valence electrons. The number of hydrogen-bond acceptors (Lipinski definition) is 3. The summed E-state index contributed by atoms with van der Waals surface area (Å²) in [6.45, 7) is 3.82. The number of hydrogen-bond donors (Lipinski definition) is 4. The maximum absolute atomic E-state index is 10.7. The molecule has 1 heterocycles. The number of benzene rings is 2. The van der Waals surface area contributed by atoms with E-state index in [1.807, 2.05) is 62.4 Å². The van der Waals surface area contributed by atoms with Gasteiger partial charge in [-0.25, -0.2) is 0 Å². The SMILES string of the molecule is CCc1[nH][nH]c(=O)c1C.Nc1ccc(C=Cc2ccccc2)cc1N. The van der Waals surface area contributed by atoms with E-state index < -0.39 is 0 Å². The third kappa shape index (κ3) is 5.14. The number of aromatic amines is 2. The minimum atomic E-state index is -0.00755. The van der Waals surface area contributed by atoms with Crippen LogP contribution in [0.3, 0.4) is 0 Å². The molecule has 0 aliphatic heterocycles. The zero-order valence-corrected chi connectivity index (χ0v) is 14.5. The summed E-state index contributed by atoms with van der Waals surface area (Å²) < 4.78 is 0. The average molecular weight is 336 g/mol. The van der Waals surface area contributed by atoms with Crippen molar-refractivity contribution in [2.24, 2.45) is 0 Å². The Hall–Kier alpha value is -3.21. The lowest BCUT2D eigenvalue weighted by atomic mass is 10.1. The van der Waals surface area contributed by atoms with Gasteiger partial charge >= 0.3 is 0 Å². The standard InChI is InChI=1S/C14H14N2.C6H10N2O/c15-13-9-8-12(10-14(13)16)7-6-11-4-2-1-3-5-11;1-3-5-4(2)6(9)8-7-5/h1-10H,15-16H2;3H2,1-2H3,(H2,7,8,9). The molecule has 0 bridgehead atoms. The number of nitrogen functional groups attached to an aromatic ring is 2. The molecule has 0 fully saturated rings. The molecule has 0 atom stereocenters. The molecule has 5 nitrogen and oxygen atoms in total. The summed E-state index contributed by atoms with van der Waals surface area (Å²) in [6.07, 6.45) is 4.95. The molecule has 25 heavy (non-hydrogen) atoms. The summed E-state index contributed by atoms with van der Waals surface area (Å²) in [5.41, 5.74) is 16.6. The second-order valence-electron chi connectivity index (χ2n) is 5.67. The van der Waals surface area contributed by atoms with Crippen molar-refractivity contribution in [2.45, 2.75) is 20.3 Å². The van der Waals surface area contributed by atoms with Crippen LogP contribution in [-0.4, -0.2) is 10.2 Å². The van der Waals surface area contributed by atoms with Crippen molar-refractivity contribution in [1.82, 2.24) is 10.2 Å². The van der Waals surface area contributed by atoms with Crippen LogP contribution in [0.25, 0.3) is 12.2 Å². The van der Waals surface area contributed by atoms with E-state index in [-0.39, 0.29) is 5.56 Å². The van der Waals surface area contributed by atoms with E-state index in [4.69, 9.17) is 11.5 Å². The van der Waals surface area contributed by atoms with Gasteiger partial charge in [0.2, 0.25) is 0 Å². The molecule has 0 amide bonds. The Kier molecular flexibility index (Phi) is 6.23. The predicted molar refractivity (Wildman–Crippen MR) is 106 cm³/mol. The molecule has 0 radical (unpaired) electrons. The van der Waals surface area contributed by atoms with E-state index in [1.165, 1.54) is 0 Å². The molecule has 0 aliphatic carbocycles. The van der Waals surface area contributed by atoms with Crippen molar-refractivity contribution in [3.8, 4) is 0 Å². The number of rotatable bonds is 3. The van der Waals surface area contributed by atoms with Crippen LogP contribution < -0.4 is 17.0 Å². The number of H-pyrrole nitrogens is 2. The summed E-state index contributed by atoms with van der Waals surface area (Å²) in [6, 6.07) is 15.8. The third-order valence-electron chi connectivity index (χ3n) is 3.85. The highest BCUT2D eigenvalue weighted by Crippen LogP contribution is 2.17. The lowest BCUT2D eigenvalue weighted by Crippen LogP contribution is -2.01. The molecule has 6 N–H and O–H groups in total. The highest BCUT2D eigenvalue weighted by atomic mass is 16.1. The van der Waals surface area contributed by atoms with Crippen molar-refractivity contribution in [3.05, 3.63) is 81.3 Å². The number of nitrogens with one attached hydrogen (secondary N) is 2. The summed E-state index contributed by atoms with van der Waals surface area (Å²) in [5, 5.41) is 5.29. The lowest BCUT2D eigenvalue weighted by molar-refractivity contribution is 0.961. The summed E-state index contributed by atoms with van der Waals surface area (Å²) in [5.74, 6) is 0. The highest BCUT2D eigenvalue weighted by molar-refractivity contribution is 5.74. The first-order valence-corrected chi connectivity index (χ1v) is 8.15. The van der Waals surface area contributed by atoms with Crippen LogP contribution in [0, 0.1) is 6.92 Å². The molecule has 0 aliphatic rings. The van der Waals surface area contributed by atoms with Crippen molar-refractivity contribution >= 4 is 23.5 Å². The second-order valence-corrected chi connectivity index (χ2v) is 5.67. The van der Waals surface area contributed by atoms with Crippen LogP contribution in [-0.2, 0) is 6.42 Å². The van der Waals surface area contributed by atoms with Crippen molar-refractivity contribution in [1.29, 1.82) is 0 Å². The first-order valence-electron chi connectivity index (χ1n) is 8.15. The van der Waals surface area contributed by atoms with E-state index in [2.05, 4.69) is 22.3 Å². The fraction of sp³-hybridized carbons (Fsp3) is 0.150. The van der Waals surface area contributed by atoms with Gasteiger partial charge in [-0.3, -0.25) is 9.89 Å². The van der Waals surface area contributed by atoms with Gasteiger partial charge in [0, 0.05) is 11.3 Å². The monoisotopic (exact) mass is 336 g/mol. The molecule has 2 aromatic carbocycles. The average Bonchev–Trinajstić information content (AvgIpc) is 2.96. The molecule has 0 saturated heterocycles. The second kappa shape index (κ2) is 8.59. The van der Waals surface area contributed by atoms with Crippen molar-refractivity contribution in [2.75, 3.05) is 11.5 Å². The van der Waals surface area contributed by atoms with Gasteiger partial charge in [0.05, 0.1) is 11.4 Å². The quantitative estimate of drug-likeness (QED) is 0.434. The van der Waals surface area contributed by atoms with Gasteiger partial charge in [-0.15, -0.1) is 0 Å². The molecule has 3 aromatic rings. The summed E-state index contributed by atoms with van der Waals surface area (Å²) in [7, 11) is 0. The summed E-state index contributed by atoms with van der Waals surface area (Å²) >= 11 is 0. The molecule has 1 aromatic heterocycles. The number of aromatic nitrogens is 2. The van der Waals surface area contributed by atoms with E-state index in [0.29, 0.717) is 11.4 Å². The predicted octanol–water partition coefficient (Wildman–Crippen LogP) is 3.60. The first kappa shape index (κ1) is 18.1. The molecular weight excluding hydrogens is 312 g/mol. The number of aryl methyl sites for hydroxylation is 1. The van der Waals surface area contributed by atoms with Gasteiger partial charge in [-0.05, 0) is 36.6 Å².